The van der Waals surface area contributed by atoms with E-state index in [-0.39, 0.29) is 11.8 Å². The van der Waals surface area contributed by atoms with Crippen molar-refractivity contribution in [2.75, 3.05) is 13.1 Å². The number of carbonyl (C=O) groups excluding carboxylic acids is 1. The highest BCUT2D eigenvalue weighted by atomic mass is 32.1. The molecule has 0 radical (unpaired) electrons. The summed E-state index contributed by atoms with van der Waals surface area (Å²) in [5.41, 5.74) is 0.702. The first-order chi connectivity index (χ1) is 10.1. The van der Waals surface area contributed by atoms with Crippen molar-refractivity contribution in [2.45, 2.75) is 44.6 Å². The lowest BCUT2D eigenvalue weighted by Crippen LogP contribution is -2.54. The Labute approximate surface area is 130 Å². The Bertz CT molecular complexity index is 551. The van der Waals surface area contributed by atoms with Gasteiger partial charge in [-0.05, 0) is 49.3 Å². The Balaban J connectivity index is 1.64. The molecule has 0 spiro atoms. The molecular formula is C17H23NO2S. The van der Waals surface area contributed by atoms with E-state index in [1.807, 2.05) is 16.4 Å². The fourth-order valence-electron chi connectivity index (χ4n) is 3.58. The largest absolute Gasteiger partial charge is 0.389 e. The zero-order chi connectivity index (χ0) is 14.9. The number of likely N-dealkylation sites (tertiary alicyclic amines) is 1. The lowest BCUT2D eigenvalue weighted by Gasteiger charge is -2.47. The Morgan fingerprint density at radius 3 is 3.10 bits per heavy atom. The minimum Gasteiger partial charge on any atom is -0.389 e. The predicted octanol–water partition coefficient (Wildman–Crippen LogP) is 3.22. The van der Waals surface area contributed by atoms with Crippen molar-refractivity contribution in [1.82, 2.24) is 4.90 Å². The second-order valence-corrected chi connectivity index (χ2v) is 7.33. The maximum Gasteiger partial charge on any atom is 0.246 e. The van der Waals surface area contributed by atoms with Crippen molar-refractivity contribution in [3.05, 3.63) is 28.0 Å². The molecule has 2 atom stereocenters. The minimum atomic E-state index is -0.511. The molecule has 3 rings (SSSR count). The molecule has 1 aromatic rings. The van der Waals surface area contributed by atoms with Crippen LogP contribution in [-0.4, -0.2) is 34.6 Å². The van der Waals surface area contributed by atoms with Crippen LogP contribution in [0, 0.1) is 12.8 Å². The second kappa shape index (κ2) is 5.93. The van der Waals surface area contributed by atoms with E-state index in [4.69, 9.17) is 0 Å². The summed E-state index contributed by atoms with van der Waals surface area (Å²) >= 11 is 1.66. The molecule has 1 N–H and O–H groups in total. The van der Waals surface area contributed by atoms with Crippen molar-refractivity contribution < 1.29 is 9.90 Å². The van der Waals surface area contributed by atoms with Crippen molar-refractivity contribution in [2.24, 2.45) is 5.92 Å². The Hall–Kier alpha value is -1.13. The van der Waals surface area contributed by atoms with Crippen LogP contribution in [0.5, 0.6) is 0 Å². The number of carbonyl (C=O) groups is 1. The summed E-state index contributed by atoms with van der Waals surface area (Å²) in [5, 5.41) is 12.7. The maximum absolute atomic E-state index is 12.3. The van der Waals surface area contributed by atoms with E-state index >= 15 is 0 Å². The van der Waals surface area contributed by atoms with Gasteiger partial charge in [0.1, 0.15) is 0 Å². The van der Waals surface area contributed by atoms with E-state index in [1.54, 1.807) is 17.4 Å². The first-order valence-corrected chi connectivity index (χ1v) is 8.70. The van der Waals surface area contributed by atoms with E-state index in [1.165, 1.54) is 12.0 Å². The summed E-state index contributed by atoms with van der Waals surface area (Å²) in [4.78, 5) is 15.4. The molecule has 2 fully saturated rings. The molecule has 1 aliphatic carbocycles. The van der Waals surface area contributed by atoms with Crippen molar-refractivity contribution >= 4 is 23.3 Å². The molecule has 2 unspecified atom stereocenters. The number of fused-ring (bicyclic) bond motifs is 1. The van der Waals surface area contributed by atoms with Crippen LogP contribution in [0.4, 0.5) is 0 Å². The average molecular weight is 305 g/mol. The molecule has 0 bridgehead atoms. The summed E-state index contributed by atoms with van der Waals surface area (Å²) in [7, 11) is 0. The molecule has 3 nitrogen and oxygen atoms in total. The van der Waals surface area contributed by atoms with Crippen LogP contribution in [-0.2, 0) is 4.79 Å². The van der Waals surface area contributed by atoms with Gasteiger partial charge in [-0.2, -0.15) is 0 Å². The Morgan fingerprint density at radius 1 is 1.48 bits per heavy atom. The first-order valence-electron chi connectivity index (χ1n) is 7.82. The SMILES string of the molecule is Cc1ccsc1/C=C/C(=O)N1CCC2(O)CCCCC2C1. The smallest absolute Gasteiger partial charge is 0.246 e. The van der Waals surface area contributed by atoms with Gasteiger partial charge in [-0.1, -0.05) is 12.8 Å². The first kappa shape index (κ1) is 14.8. The van der Waals surface area contributed by atoms with Gasteiger partial charge in [-0.15, -0.1) is 11.3 Å². The zero-order valence-corrected chi connectivity index (χ0v) is 13.4. The van der Waals surface area contributed by atoms with Crippen LogP contribution >= 0.6 is 11.3 Å². The maximum atomic E-state index is 12.3. The summed E-state index contributed by atoms with van der Waals surface area (Å²) in [6.45, 7) is 3.45. The van der Waals surface area contributed by atoms with Gasteiger partial charge in [-0.3, -0.25) is 4.79 Å². The van der Waals surface area contributed by atoms with Gasteiger partial charge in [-0.25, -0.2) is 0 Å². The quantitative estimate of drug-likeness (QED) is 0.852. The number of aliphatic hydroxyl groups is 1. The van der Waals surface area contributed by atoms with E-state index in [2.05, 4.69) is 13.0 Å². The van der Waals surface area contributed by atoms with Crippen LogP contribution in [0.1, 0.15) is 42.5 Å². The fraction of sp³-hybridized carbons (Fsp3) is 0.588. The molecule has 1 aliphatic heterocycles. The van der Waals surface area contributed by atoms with Crippen molar-refractivity contribution in [3.8, 4) is 0 Å². The van der Waals surface area contributed by atoms with Crippen LogP contribution < -0.4 is 0 Å². The van der Waals surface area contributed by atoms with Gasteiger partial charge in [0.2, 0.25) is 5.91 Å². The number of rotatable bonds is 2. The summed E-state index contributed by atoms with van der Waals surface area (Å²) in [6, 6.07) is 2.07. The number of piperidine rings is 1. The molecule has 2 heterocycles. The number of nitrogens with zero attached hydrogens (tertiary/aromatic N) is 1. The van der Waals surface area contributed by atoms with Crippen LogP contribution in [0.25, 0.3) is 6.08 Å². The normalized spacial score (nSPS) is 29.6. The van der Waals surface area contributed by atoms with E-state index in [0.29, 0.717) is 13.1 Å². The van der Waals surface area contributed by atoms with E-state index in [0.717, 1.165) is 30.6 Å². The van der Waals surface area contributed by atoms with E-state index in [9.17, 15) is 9.90 Å². The summed E-state index contributed by atoms with van der Waals surface area (Å²) in [6.07, 6.45) is 8.60. The topological polar surface area (TPSA) is 40.5 Å². The van der Waals surface area contributed by atoms with Crippen LogP contribution in [0.15, 0.2) is 17.5 Å². The number of hydrogen-bond donors (Lipinski definition) is 1. The highest BCUT2D eigenvalue weighted by molar-refractivity contribution is 7.11. The fourth-order valence-corrected chi connectivity index (χ4v) is 4.40. The lowest BCUT2D eigenvalue weighted by atomic mass is 9.71. The van der Waals surface area contributed by atoms with E-state index < -0.39 is 5.60 Å². The molecule has 1 amide bonds. The lowest BCUT2D eigenvalue weighted by molar-refractivity contribution is -0.138. The zero-order valence-electron chi connectivity index (χ0n) is 12.5. The predicted molar refractivity (Wildman–Crippen MR) is 86.2 cm³/mol. The van der Waals surface area contributed by atoms with Gasteiger partial charge >= 0.3 is 0 Å². The molecule has 4 heteroatoms. The summed E-state index contributed by atoms with van der Waals surface area (Å²) < 4.78 is 0. The molecule has 0 aromatic carbocycles. The van der Waals surface area contributed by atoms with Gasteiger partial charge in [0, 0.05) is 30.0 Å². The molecule has 1 aromatic heterocycles. The third kappa shape index (κ3) is 3.06. The minimum absolute atomic E-state index is 0.0791. The van der Waals surface area contributed by atoms with Crippen LogP contribution in [0.3, 0.4) is 0 Å². The number of hydrogen-bond acceptors (Lipinski definition) is 3. The molecule has 2 aliphatic rings. The van der Waals surface area contributed by atoms with Crippen LogP contribution in [0.2, 0.25) is 0 Å². The molecule has 114 valence electrons. The molecule has 1 saturated heterocycles. The third-order valence-corrected chi connectivity index (χ3v) is 6.00. The van der Waals surface area contributed by atoms with Gasteiger partial charge in [0.25, 0.3) is 0 Å². The highest BCUT2D eigenvalue weighted by Crippen LogP contribution is 2.39. The molecule has 1 saturated carbocycles. The standard InChI is InChI=1S/C17H23NO2S/c1-13-7-11-21-15(13)5-6-16(19)18-10-9-17(20)8-3-2-4-14(17)12-18/h5-7,11,14,20H,2-4,8-10,12H2,1H3/b6-5+. The Kier molecular flexibility index (Phi) is 4.18. The molecule has 21 heavy (non-hydrogen) atoms. The monoisotopic (exact) mass is 305 g/mol. The second-order valence-electron chi connectivity index (χ2n) is 6.38. The third-order valence-electron chi connectivity index (χ3n) is 5.02. The number of thiophene rings is 1. The van der Waals surface area contributed by atoms with Crippen molar-refractivity contribution in [3.63, 3.8) is 0 Å². The molecular weight excluding hydrogens is 282 g/mol. The number of aryl methyl sites for hydroxylation is 1. The number of amides is 1. The van der Waals surface area contributed by atoms with Gasteiger partial charge in [0.05, 0.1) is 5.60 Å². The van der Waals surface area contributed by atoms with Crippen molar-refractivity contribution in [1.29, 1.82) is 0 Å². The Morgan fingerprint density at radius 2 is 2.33 bits per heavy atom. The summed E-state index contributed by atoms with van der Waals surface area (Å²) in [5.74, 6) is 0.344. The van der Waals surface area contributed by atoms with Gasteiger partial charge in [0.15, 0.2) is 0 Å². The average Bonchev–Trinajstić information content (AvgIpc) is 2.89. The highest BCUT2D eigenvalue weighted by Gasteiger charge is 2.43. The van der Waals surface area contributed by atoms with Gasteiger partial charge < -0.3 is 10.0 Å².